The Kier molecular flexibility index (Phi) is 4.16. The highest BCUT2D eigenvalue weighted by molar-refractivity contribution is 5.96. The maximum Gasteiger partial charge on any atom is 0.319 e. The number of ketones is 1. The Balaban J connectivity index is 1.63. The standard InChI is InChI=1S/C17H22N2O3/c1-10(21)11-3-2-4-14(8-11)18-17(22)19-16-13-6-5-12(7-13)15(16)9-20/h2-4,8,12-13,15-16,20H,5-7,9H2,1H3,(H2,18,19,22). The van der Waals surface area contributed by atoms with E-state index in [2.05, 4.69) is 10.6 Å². The topological polar surface area (TPSA) is 78.4 Å². The van der Waals surface area contributed by atoms with E-state index in [0.717, 1.165) is 19.3 Å². The highest BCUT2D eigenvalue weighted by Gasteiger charge is 2.47. The minimum Gasteiger partial charge on any atom is -0.396 e. The number of carbonyl (C=O) groups is 2. The minimum absolute atomic E-state index is 0.0301. The van der Waals surface area contributed by atoms with E-state index in [-0.39, 0.29) is 30.4 Å². The number of carbonyl (C=O) groups excluding carboxylic acids is 2. The van der Waals surface area contributed by atoms with Gasteiger partial charge in [0.25, 0.3) is 0 Å². The van der Waals surface area contributed by atoms with Crippen LogP contribution in [0.2, 0.25) is 0 Å². The van der Waals surface area contributed by atoms with Crippen LogP contribution >= 0.6 is 0 Å². The Morgan fingerprint density at radius 2 is 2.05 bits per heavy atom. The number of benzene rings is 1. The quantitative estimate of drug-likeness (QED) is 0.747. The Morgan fingerprint density at radius 1 is 1.27 bits per heavy atom. The van der Waals surface area contributed by atoms with Crippen LogP contribution < -0.4 is 10.6 Å². The second-order valence-corrected chi connectivity index (χ2v) is 6.44. The molecule has 5 heteroatoms. The normalized spacial score (nSPS) is 29.4. The summed E-state index contributed by atoms with van der Waals surface area (Å²) in [5, 5.41) is 15.3. The number of nitrogens with one attached hydrogen (secondary N) is 2. The van der Waals surface area contributed by atoms with Crippen LogP contribution in [0.1, 0.15) is 36.5 Å². The van der Waals surface area contributed by atoms with Crippen LogP contribution in [0.15, 0.2) is 24.3 Å². The van der Waals surface area contributed by atoms with Crippen LogP contribution in [0.4, 0.5) is 10.5 Å². The van der Waals surface area contributed by atoms with E-state index >= 15 is 0 Å². The van der Waals surface area contributed by atoms with Gasteiger partial charge in [-0.05, 0) is 50.2 Å². The van der Waals surface area contributed by atoms with Crippen molar-refractivity contribution in [3.63, 3.8) is 0 Å². The Hall–Kier alpha value is -1.88. The average Bonchev–Trinajstić information content (AvgIpc) is 3.08. The van der Waals surface area contributed by atoms with Crippen LogP contribution in [0, 0.1) is 17.8 Å². The van der Waals surface area contributed by atoms with Crippen LogP contribution in [-0.4, -0.2) is 29.6 Å². The van der Waals surface area contributed by atoms with Crippen LogP contribution in [-0.2, 0) is 0 Å². The Bertz CT molecular complexity index is 587. The van der Waals surface area contributed by atoms with Gasteiger partial charge in [-0.15, -0.1) is 0 Å². The van der Waals surface area contributed by atoms with Gasteiger partial charge in [0, 0.05) is 29.8 Å². The van der Waals surface area contributed by atoms with E-state index in [0.29, 0.717) is 23.1 Å². The fraction of sp³-hybridized carbons (Fsp3) is 0.529. The zero-order valence-corrected chi connectivity index (χ0v) is 12.7. The van der Waals surface area contributed by atoms with E-state index in [1.807, 2.05) is 0 Å². The summed E-state index contributed by atoms with van der Waals surface area (Å²) in [6.07, 6.45) is 3.40. The van der Waals surface area contributed by atoms with E-state index < -0.39 is 0 Å². The number of amides is 2. The van der Waals surface area contributed by atoms with Gasteiger partial charge in [-0.3, -0.25) is 4.79 Å². The van der Waals surface area contributed by atoms with E-state index in [1.165, 1.54) is 6.92 Å². The molecular formula is C17H22N2O3. The third-order valence-electron chi connectivity index (χ3n) is 5.12. The Labute approximate surface area is 130 Å². The van der Waals surface area contributed by atoms with Gasteiger partial charge in [0.15, 0.2) is 5.78 Å². The van der Waals surface area contributed by atoms with Crippen molar-refractivity contribution >= 4 is 17.5 Å². The SMILES string of the molecule is CC(=O)c1cccc(NC(=O)NC2C3CCC(C3)C2CO)c1. The fourth-order valence-corrected chi connectivity index (χ4v) is 4.03. The highest BCUT2D eigenvalue weighted by atomic mass is 16.3. The predicted octanol–water partition coefficient (Wildman–Crippen LogP) is 2.42. The molecule has 1 aromatic carbocycles. The number of rotatable bonds is 4. The summed E-state index contributed by atoms with van der Waals surface area (Å²) in [5.41, 5.74) is 1.18. The fourth-order valence-electron chi connectivity index (χ4n) is 4.03. The number of hydrogen-bond donors (Lipinski definition) is 3. The van der Waals surface area contributed by atoms with Gasteiger partial charge in [-0.2, -0.15) is 0 Å². The maximum atomic E-state index is 12.2. The molecule has 118 valence electrons. The number of urea groups is 1. The second-order valence-electron chi connectivity index (χ2n) is 6.44. The molecule has 5 nitrogen and oxygen atoms in total. The first kappa shape index (κ1) is 15.0. The van der Waals surface area contributed by atoms with Gasteiger partial charge in [-0.25, -0.2) is 4.79 Å². The van der Waals surface area contributed by atoms with Crippen LogP contribution in [0.25, 0.3) is 0 Å². The lowest BCUT2D eigenvalue weighted by Gasteiger charge is -2.30. The minimum atomic E-state index is -0.267. The van der Waals surface area contributed by atoms with Crippen LogP contribution in [0.3, 0.4) is 0 Å². The van der Waals surface area contributed by atoms with Crippen molar-refractivity contribution in [2.24, 2.45) is 17.8 Å². The average molecular weight is 302 g/mol. The molecule has 2 aliphatic carbocycles. The number of aliphatic hydroxyl groups is 1. The molecule has 0 saturated heterocycles. The summed E-state index contributed by atoms with van der Waals surface area (Å²) < 4.78 is 0. The van der Waals surface area contributed by atoms with E-state index in [9.17, 15) is 14.7 Å². The lowest BCUT2D eigenvalue weighted by molar-refractivity contribution is 0.101. The van der Waals surface area contributed by atoms with E-state index in [1.54, 1.807) is 24.3 Å². The molecule has 0 heterocycles. The zero-order valence-electron chi connectivity index (χ0n) is 12.7. The molecule has 2 amide bonds. The molecule has 2 saturated carbocycles. The number of aliphatic hydroxyl groups excluding tert-OH is 1. The lowest BCUT2D eigenvalue weighted by atomic mass is 9.85. The summed E-state index contributed by atoms with van der Waals surface area (Å²) >= 11 is 0. The predicted molar refractivity (Wildman–Crippen MR) is 83.8 cm³/mol. The molecule has 4 atom stereocenters. The third kappa shape index (κ3) is 2.86. The molecule has 2 aliphatic rings. The third-order valence-corrected chi connectivity index (χ3v) is 5.12. The molecule has 2 bridgehead atoms. The monoisotopic (exact) mass is 302 g/mol. The molecule has 4 unspecified atom stereocenters. The molecule has 0 aliphatic heterocycles. The van der Waals surface area contributed by atoms with Gasteiger partial charge in [-0.1, -0.05) is 12.1 Å². The molecule has 22 heavy (non-hydrogen) atoms. The van der Waals surface area contributed by atoms with Crippen LogP contribution in [0.5, 0.6) is 0 Å². The van der Waals surface area contributed by atoms with Crippen molar-refractivity contribution in [2.75, 3.05) is 11.9 Å². The molecule has 0 radical (unpaired) electrons. The molecule has 3 rings (SSSR count). The smallest absolute Gasteiger partial charge is 0.319 e. The zero-order chi connectivity index (χ0) is 15.7. The summed E-state index contributed by atoms with van der Waals surface area (Å²) in [7, 11) is 0. The first-order chi connectivity index (χ1) is 10.6. The number of fused-ring (bicyclic) bond motifs is 2. The number of Topliss-reactive ketones (excluding diaryl/α,β-unsaturated/α-hetero) is 1. The first-order valence-electron chi connectivity index (χ1n) is 7.88. The summed E-state index contributed by atoms with van der Waals surface area (Å²) in [4.78, 5) is 23.6. The molecular weight excluding hydrogens is 280 g/mol. The lowest BCUT2D eigenvalue weighted by Crippen LogP contribution is -2.46. The van der Waals surface area contributed by atoms with Gasteiger partial charge < -0.3 is 15.7 Å². The largest absolute Gasteiger partial charge is 0.396 e. The van der Waals surface area contributed by atoms with Crippen molar-refractivity contribution in [2.45, 2.75) is 32.2 Å². The number of hydrogen-bond acceptors (Lipinski definition) is 3. The maximum absolute atomic E-state index is 12.2. The van der Waals surface area contributed by atoms with Gasteiger partial charge in [0.1, 0.15) is 0 Å². The first-order valence-corrected chi connectivity index (χ1v) is 7.88. The Morgan fingerprint density at radius 3 is 2.77 bits per heavy atom. The highest BCUT2D eigenvalue weighted by Crippen LogP contribution is 2.48. The molecule has 2 fully saturated rings. The van der Waals surface area contributed by atoms with Gasteiger partial charge >= 0.3 is 6.03 Å². The summed E-state index contributed by atoms with van der Waals surface area (Å²) in [5.74, 6) is 1.17. The van der Waals surface area contributed by atoms with Crippen molar-refractivity contribution in [1.82, 2.24) is 5.32 Å². The molecule has 1 aromatic rings. The van der Waals surface area contributed by atoms with Crippen molar-refractivity contribution in [3.05, 3.63) is 29.8 Å². The van der Waals surface area contributed by atoms with Crippen molar-refractivity contribution in [1.29, 1.82) is 0 Å². The molecule has 0 spiro atoms. The van der Waals surface area contributed by atoms with Gasteiger partial charge in [0.05, 0.1) is 0 Å². The van der Waals surface area contributed by atoms with Gasteiger partial charge in [0.2, 0.25) is 0 Å². The summed E-state index contributed by atoms with van der Waals surface area (Å²) in [6, 6.07) is 6.70. The molecule has 3 N–H and O–H groups in total. The molecule has 0 aromatic heterocycles. The second kappa shape index (κ2) is 6.08. The van der Waals surface area contributed by atoms with Crippen molar-refractivity contribution < 1.29 is 14.7 Å². The summed E-state index contributed by atoms with van der Waals surface area (Å²) in [6.45, 7) is 1.63. The van der Waals surface area contributed by atoms with E-state index in [4.69, 9.17) is 0 Å². The van der Waals surface area contributed by atoms with Crippen molar-refractivity contribution in [3.8, 4) is 0 Å². The number of anilines is 1.